The number of ether oxygens (including phenoxy) is 1. The molecular formula is C19H25BrN6O5S2. The first-order chi connectivity index (χ1) is 15.7. The van der Waals surface area contributed by atoms with Gasteiger partial charge in [-0.15, -0.1) is 0 Å². The van der Waals surface area contributed by atoms with Gasteiger partial charge in [-0.25, -0.2) is 10.4 Å². The average molecular weight is 561 g/mol. The van der Waals surface area contributed by atoms with Crippen LogP contribution in [0.4, 0.5) is 4.79 Å². The van der Waals surface area contributed by atoms with Gasteiger partial charge in [-0.3, -0.25) is 4.79 Å². The lowest BCUT2D eigenvalue weighted by atomic mass is 9.96. The molecule has 1 aromatic heterocycles. The van der Waals surface area contributed by atoms with Gasteiger partial charge in [0.1, 0.15) is 29.8 Å². The third-order valence-electron chi connectivity index (χ3n) is 5.20. The van der Waals surface area contributed by atoms with Crippen LogP contribution in [0.15, 0.2) is 33.5 Å². The Morgan fingerprint density at radius 2 is 2.30 bits per heavy atom. The lowest BCUT2D eigenvalue weighted by Crippen LogP contribution is -2.62. The van der Waals surface area contributed by atoms with Gasteiger partial charge in [-0.2, -0.15) is 5.26 Å². The summed E-state index contributed by atoms with van der Waals surface area (Å²) >= 11 is 5.60. The number of carbonyl (C=O) groups is 1. The molecule has 11 nitrogen and oxygen atoms in total. The number of aliphatic hydroxyl groups excluding tert-OH is 3. The van der Waals surface area contributed by atoms with Crippen molar-refractivity contribution in [2.24, 2.45) is 0 Å². The van der Waals surface area contributed by atoms with Crippen molar-refractivity contribution in [3.63, 3.8) is 0 Å². The number of hydrogen-bond acceptors (Lipinski definition) is 12. The van der Waals surface area contributed by atoms with Gasteiger partial charge in [-0.1, -0.05) is 23.5 Å². The molecule has 2 aliphatic rings. The molecule has 14 heteroatoms. The summed E-state index contributed by atoms with van der Waals surface area (Å²) in [6, 6.07) is 2.76. The summed E-state index contributed by atoms with van der Waals surface area (Å²) < 4.78 is 6.24. The van der Waals surface area contributed by atoms with Crippen LogP contribution in [0.25, 0.3) is 0 Å². The Balaban J connectivity index is 1.80. The van der Waals surface area contributed by atoms with Gasteiger partial charge in [0.05, 0.1) is 28.4 Å². The molecule has 2 aliphatic heterocycles. The Hall–Kier alpha value is -1.57. The number of hydrogen-bond donors (Lipinski definition) is 7. The van der Waals surface area contributed by atoms with Crippen molar-refractivity contribution < 1.29 is 24.9 Å². The fraction of sp³-hybridized carbons (Fsp3) is 0.526. The van der Waals surface area contributed by atoms with Gasteiger partial charge >= 0.3 is 0 Å². The molecule has 1 aromatic rings. The average Bonchev–Trinajstić information content (AvgIpc) is 3.14. The molecule has 180 valence electrons. The lowest BCUT2D eigenvalue weighted by Gasteiger charge is -2.42. The Bertz CT molecular complexity index is 950. The van der Waals surface area contributed by atoms with Crippen LogP contribution in [0, 0.1) is 11.3 Å². The van der Waals surface area contributed by atoms with E-state index in [1.54, 1.807) is 19.3 Å². The van der Waals surface area contributed by atoms with Crippen molar-refractivity contribution in [1.82, 2.24) is 26.5 Å². The van der Waals surface area contributed by atoms with E-state index in [2.05, 4.69) is 42.4 Å². The summed E-state index contributed by atoms with van der Waals surface area (Å²) in [5.74, 6) is 0.491. The first kappa shape index (κ1) is 26.0. The topological polar surface area (TPSA) is 172 Å². The van der Waals surface area contributed by atoms with Crippen LogP contribution in [0.1, 0.15) is 12.6 Å². The number of carbonyl (C=O) groups excluding carboxylic acids is 1. The number of nitrogens with zero attached hydrogens (tertiary/aromatic N) is 2. The second-order valence-electron chi connectivity index (χ2n) is 7.60. The maximum absolute atomic E-state index is 11.7. The molecule has 7 N–H and O–H groups in total. The summed E-state index contributed by atoms with van der Waals surface area (Å²) in [7, 11) is 1.68. The number of aliphatic hydroxyl groups is 3. The fourth-order valence-electron chi connectivity index (χ4n) is 3.38. The van der Waals surface area contributed by atoms with E-state index in [0.29, 0.717) is 20.8 Å². The van der Waals surface area contributed by atoms with E-state index in [0.717, 1.165) is 23.5 Å². The van der Waals surface area contributed by atoms with Crippen molar-refractivity contribution in [1.29, 1.82) is 5.26 Å². The fourth-order valence-corrected chi connectivity index (χ4v) is 5.99. The third-order valence-corrected chi connectivity index (χ3v) is 8.01. The number of amides is 1. The van der Waals surface area contributed by atoms with Crippen LogP contribution >= 0.6 is 39.5 Å². The SMILES string of the molecule is CNN/C(=C\NC1C(O)[C@@H](Sc2cnc(C#N)c(Br)c2)OC(CO)[C@@H]1O)C1(C)CSC(=O)N1. The molecule has 3 heterocycles. The minimum Gasteiger partial charge on any atom is -0.394 e. The van der Waals surface area contributed by atoms with Crippen LogP contribution in [0.2, 0.25) is 0 Å². The summed E-state index contributed by atoms with van der Waals surface area (Å²) in [4.78, 5) is 16.4. The number of pyridine rings is 1. The molecule has 0 aliphatic carbocycles. The summed E-state index contributed by atoms with van der Waals surface area (Å²) in [5, 5.41) is 46.2. The Morgan fingerprint density at radius 1 is 1.55 bits per heavy atom. The Kier molecular flexibility index (Phi) is 8.87. The third kappa shape index (κ3) is 5.92. The van der Waals surface area contributed by atoms with Gasteiger partial charge in [0.2, 0.25) is 0 Å². The molecule has 0 spiro atoms. The van der Waals surface area contributed by atoms with Crippen molar-refractivity contribution in [3.8, 4) is 6.07 Å². The Labute approximate surface area is 207 Å². The second-order valence-corrected chi connectivity index (χ2v) is 10.6. The normalized spacial score (nSPS) is 32.2. The molecule has 0 bridgehead atoms. The van der Waals surface area contributed by atoms with Gasteiger partial charge in [0.15, 0.2) is 5.69 Å². The predicted octanol–water partition coefficient (Wildman–Crippen LogP) is -0.0144. The first-order valence-electron chi connectivity index (χ1n) is 9.91. The van der Waals surface area contributed by atoms with E-state index in [-0.39, 0.29) is 10.9 Å². The van der Waals surface area contributed by atoms with E-state index >= 15 is 0 Å². The molecule has 6 atom stereocenters. The van der Waals surface area contributed by atoms with Gasteiger partial charge < -0.3 is 36.1 Å². The van der Waals surface area contributed by atoms with Gasteiger partial charge in [-0.05, 0) is 28.9 Å². The van der Waals surface area contributed by atoms with E-state index in [4.69, 9.17) is 10.00 Å². The minimum atomic E-state index is -1.21. The molecule has 2 saturated heterocycles. The molecule has 0 aromatic carbocycles. The first-order valence-corrected chi connectivity index (χ1v) is 12.6. The lowest BCUT2D eigenvalue weighted by molar-refractivity contribution is -0.164. The number of rotatable bonds is 8. The summed E-state index contributed by atoms with van der Waals surface area (Å²) in [6.45, 7) is 1.40. The zero-order valence-electron chi connectivity index (χ0n) is 17.8. The standard InChI is InChI=1S/C19H25BrN6O5S2/c1-19(8-32-18(30)25-19)13(26-22-2)6-24-14-15(28)12(7-27)31-17(16(14)29)33-9-3-10(20)11(4-21)23-5-9/h3,5-6,12,14-17,22,24,26-29H,7-8H2,1-2H3,(H,25,30)/b13-6-/t12?,14?,15-,16?,17+,19?/m0/s1. The number of hydrazine groups is 1. The van der Waals surface area contributed by atoms with Crippen LogP contribution in [0.3, 0.4) is 0 Å². The quantitative estimate of drug-likeness (QED) is 0.212. The summed E-state index contributed by atoms with van der Waals surface area (Å²) in [6.07, 6.45) is -0.248. The number of halogens is 1. The van der Waals surface area contributed by atoms with Crippen molar-refractivity contribution in [2.75, 3.05) is 19.4 Å². The Morgan fingerprint density at radius 3 is 2.88 bits per heavy atom. The van der Waals surface area contributed by atoms with E-state index in [1.165, 1.54) is 6.20 Å². The molecule has 0 radical (unpaired) electrons. The van der Waals surface area contributed by atoms with Crippen LogP contribution < -0.4 is 21.5 Å². The molecule has 4 unspecified atom stereocenters. The van der Waals surface area contributed by atoms with E-state index in [1.807, 2.05) is 13.0 Å². The highest BCUT2D eigenvalue weighted by Gasteiger charge is 2.45. The summed E-state index contributed by atoms with van der Waals surface area (Å²) in [5.41, 5.74) is 5.10. The minimum absolute atomic E-state index is 0.147. The maximum Gasteiger partial charge on any atom is 0.279 e. The second kappa shape index (κ2) is 11.2. The number of thioether (sulfide) groups is 2. The molecular weight excluding hydrogens is 536 g/mol. The molecule has 1 amide bonds. The number of nitriles is 1. The monoisotopic (exact) mass is 560 g/mol. The largest absolute Gasteiger partial charge is 0.394 e. The highest BCUT2D eigenvalue weighted by molar-refractivity contribution is 9.10. The molecule has 3 rings (SSSR count). The van der Waals surface area contributed by atoms with Gasteiger partial charge in [0, 0.05) is 30.1 Å². The maximum atomic E-state index is 11.7. The smallest absolute Gasteiger partial charge is 0.279 e. The van der Waals surface area contributed by atoms with E-state index in [9.17, 15) is 20.1 Å². The molecule has 0 saturated carbocycles. The van der Waals surface area contributed by atoms with E-state index < -0.39 is 41.9 Å². The van der Waals surface area contributed by atoms with Crippen LogP contribution in [-0.2, 0) is 4.74 Å². The molecule has 33 heavy (non-hydrogen) atoms. The van der Waals surface area contributed by atoms with Crippen LogP contribution in [0.5, 0.6) is 0 Å². The van der Waals surface area contributed by atoms with Gasteiger partial charge in [0.25, 0.3) is 5.24 Å². The predicted molar refractivity (Wildman–Crippen MR) is 127 cm³/mol. The van der Waals surface area contributed by atoms with Crippen molar-refractivity contribution in [3.05, 3.63) is 34.3 Å². The zero-order chi connectivity index (χ0) is 24.2. The van der Waals surface area contributed by atoms with Crippen molar-refractivity contribution >= 4 is 44.7 Å². The van der Waals surface area contributed by atoms with Crippen molar-refractivity contribution in [2.45, 2.75) is 47.1 Å². The number of aromatic nitrogens is 1. The zero-order valence-corrected chi connectivity index (χ0v) is 21.0. The highest BCUT2D eigenvalue weighted by atomic mass is 79.9. The molecule has 2 fully saturated rings. The highest BCUT2D eigenvalue weighted by Crippen LogP contribution is 2.35. The van der Waals surface area contributed by atoms with Crippen LogP contribution in [-0.4, -0.2) is 80.3 Å². The number of nitrogens with one attached hydrogen (secondary N) is 4.